The molecule has 1 atom stereocenters. The van der Waals surface area contributed by atoms with Gasteiger partial charge in [0.05, 0.1) is 12.5 Å². The van der Waals surface area contributed by atoms with Crippen LogP contribution in [0, 0.1) is 0 Å². The summed E-state index contributed by atoms with van der Waals surface area (Å²) < 4.78 is 10.2. The molecule has 1 aromatic carbocycles. The van der Waals surface area contributed by atoms with Crippen LogP contribution >= 0.6 is 24.0 Å². The fourth-order valence-electron chi connectivity index (χ4n) is 1.92. The van der Waals surface area contributed by atoms with Crippen molar-refractivity contribution in [3.05, 3.63) is 35.2 Å². The van der Waals surface area contributed by atoms with Crippen LogP contribution in [-0.4, -0.2) is 42.4 Å². The van der Waals surface area contributed by atoms with Crippen LogP contribution in [0.5, 0.6) is 0 Å². The zero-order valence-electron chi connectivity index (χ0n) is 13.2. The van der Waals surface area contributed by atoms with Crippen molar-refractivity contribution in [1.29, 1.82) is 0 Å². The van der Waals surface area contributed by atoms with Crippen molar-refractivity contribution in [2.45, 2.75) is 18.9 Å². The van der Waals surface area contributed by atoms with E-state index in [1.165, 1.54) is 7.11 Å². The molecule has 0 aliphatic heterocycles. The number of halogens is 2. The lowest BCUT2D eigenvalue weighted by Crippen LogP contribution is -2.33. The third-order valence-corrected chi connectivity index (χ3v) is 3.49. The van der Waals surface area contributed by atoms with E-state index in [0.717, 1.165) is 5.56 Å². The first-order valence-corrected chi connectivity index (χ1v) is 7.58. The molecule has 1 unspecified atom stereocenters. The number of nitrogens with one attached hydrogen (secondary N) is 1. The minimum Gasteiger partial charge on any atom is -0.380 e. The lowest BCUT2D eigenvalue weighted by molar-refractivity contribution is -0.123. The molecule has 0 aliphatic rings. The van der Waals surface area contributed by atoms with Crippen LogP contribution in [0.25, 0.3) is 11.4 Å². The highest BCUT2D eigenvalue weighted by Crippen LogP contribution is 2.18. The average molecular weight is 375 g/mol. The molecule has 0 fully saturated rings. The van der Waals surface area contributed by atoms with Crippen LogP contribution in [0.4, 0.5) is 0 Å². The quantitative estimate of drug-likeness (QED) is 0.730. The molecule has 3 N–H and O–H groups in total. The van der Waals surface area contributed by atoms with Crippen LogP contribution in [0.3, 0.4) is 0 Å². The van der Waals surface area contributed by atoms with E-state index in [2.05, 4.69) is 15.5 Å². The van der Waals surface area contributed by atoms with Crippen molar-refractivity contribution in [1.82, 2.24) is 15.5 Å². The van der Waals surface area contributed by atoms with Gasteiger partial charge in [-0.05, 0) is 24.3 Å². The summed E-state index contributed by atoms with van der Waals surface area (Å²) in [5.41, 5.74) is 6.29. The number of methoxy groups -OCH3 is 1. The van der Waals surface area contributed by atoms with E-state index >= 15 is 0 Å². The van der Waals surface area contributed by atoms with Crippen LogP contribution in [0.1, 0.15) is 12.3 Å². The summed E-state index contributed by atoms with van der Waals surface area (Å²) in [5, 5.41) is 7.32. The van der Waals surface area contributed by atoms with E-state index in [0.29, 0.717) is 36.2 Å². The van der Waals surface area contributed by atoms with Gasteiger partial charge in [0.25, 0.3) is 0 Å². The number of benzene rings is 1. The summed E-state index contributed by atoms with van der Waals surface area (Å²) in [6, 6.07) is 7.15. The van der Waals surface area contributed by atoms with Crippen molar-refractivity contribution >= 4 is 29.9 Å². The fraction of sp³-hybridized carbons (Fsp3) is 0.400. The Balaban J connectivity index is 0.00000288. The van der Waals surface area contributed by atoms with Crippen molar-refractivity contribution < 1.29 is 14.1 Å². The van der Waals surface area contributed by atoms with E-state index in [1.54, 1.807) is 12.1 Å². The topological polar surface area (TPSA) is 103 Å². The summed E-state index contributed by atoms with van der Waals surface area (Å²) in [7, 11) is 1.53. The van der Waals surface area contributed by atoms with Crippen LogP contribution in [-0.2, 0) is 16.0 Å². The lowest BCUT2D eigenvalue weighted by Gasteiger charge is -2.11. The Morgan fingerprint density at radius 3 is 2.75 bits per heavy atom. The SMILES string of the molecule is COC(CN)CC(=O)NCCc1nc(-c2ccc(Cl)cc2)no1.Cl. The Kier molecular flexibility index (Phi) is 8.70. The van der Waals surface area contributed by atoms with Gasteiger partial charge in [0, 0.05) is 37.2 Å². The summed E-state index contributed by atoms with van der Waals surface area (Å²) in [6.07, 6.45) is 0.411. The molecule has 0 saturated heterocycles. The van der Waals surface area contributed by atoms with Gasteiger partial charge < -0.3 is 20.3 Å². The molecule has 0 aliphatic carbocycles. The van der Waals surface area contributed by atoms with E-state index in [9.17, 15) is 4.79 Å². The summed E-state index contributed by atoms with van der Waals surface area (Å²) in [5.74, 6) is 0.822. The minimum atomic E-state index is -0.269. The third kappa shape index (κ3) is 6.09. The van der Waals surface area contributed by atoms with Crippen molar-refractivity contribution in [3.8, 4) is 11.4 Å². The van der Waals surface area contributed by atoms with Gasteiger partial charge in [-0.25, -0.2) is 0 Å². The number of amides is 1. The number of nitrogens with zero attached hydrogens (tertiary/aromatic N) is 2. The molecule has 9 heteroatoms. The number of carbonyl (C=O) groups excluding carboxylic acids is 1. The molecule has 0 spiro atoms. The number of hydrogen-bond donors (Lipinski definition) is 2. The first-order valence-electron chi connectivity index (χ1n) is 7.20. The van der Waals surface area contributed by atoms with Gasteiger partial charge in [0.2, 0.25) is 17.6 Å². The van der Waals surface area contributed by atoms with Crippen LogP contribution in [0.15, 0.2) is 28.8 Å². The molecular weight excluding hydrogens is 355 g/mol. The molecule has 7 nitrogen and oxygen atoms in total. The van der Waals surface area contributed by atoms with Gasteiger partial charge in [-0.2, -0.15) is 4.98 Å². The largest absolute Gasteiger partial charge is 0.380 e. The maximum Gasteiger partial charge on any atom is 0.228 e. The molecule has 132 valence electrons. The average Bonchev–Trinajstić information content (AvgIpc) is 3.02. The smallest absolute Gasteiger partial charge is 0.228 e. The Bertz CT molecular complexity index is 630. The molecule has 1 heterocycles. The van der Waals surface area contributed by atoms with Gasteiger partial charge in [-0.3, -0.25) is 4.79 Å². The first-order chi connectivity index (χ1) is 11.1. The number of ether oxygens (including phenoxy) is 1. The minimum absolute atomic E-state index is 0. The van der Waals surface area contributed by atoms with Gasteiger partial charge in [0.1, 0.15) is 0 Å². The summed E-state index contributed by atoms with van der Waals surface area (Å²) >= 11 is 5.84. The Morgan fingerprint density at radius 2 is 2.12 bits per heavy atom. The van der Waals surface area contributed by atoms with E-state index in [4.69, 9.17) is 26.6 Å². The second-order valence-corrected chi connectivity index (χ2v) is 5.35. The van der Waals surface area contributed by atoms with Gasteiger partial charge in [-0.1, -0.05) is 16.8 Å². The van der Waals surface area contributed by atoms with Crippen LogP contribution < -0.4 is 11.1 Å². The number of hydrogen-bond acceptors (Lipinski definition) is 6. The second kappa shape index (κ2) is 10.2. The standard InChI is InChI=1S/C15H19ClN4O3.ClH/c1-22-12(9-17)8-13(21)18-7-6-14-19-15(20-23-14)10-2-4-11(16)5-3-10;/h2-5,12H,6-9,17H2,1H3,(H,18,21);1H. The van der Waals surface area contributed by atoms with Gasteiger partial charge in [-0.15, -0.1) is 12.4 Å². The molecule has 0 bridgehead atoms. The predicted octanol–water partition coefficient (Wildman–Crippen LogP) is 1.83. The van der Waals surface area contributed by atoms with E-state index < -0.39 is 0 Å². The number of aromatic nitrogens is 2. The third-order valence-electron chi connectivity index (χ3n) is 3.24. The zero-order valence-corrected chi connectivity index (χ0v) is 14.8. The molecule has 1 aromatic heterocycles. The Morgan fingerprint density at radius 1 is 1.42 bits per heavy atom. The predicted molar refractivity (Wildman–Crippen MR) is 93.2 cm³/mol. The Labute approximate surface area is 151 Å². The monoisotopic (exact) mass is 374 g/mol. The second-order valence-electron chi connectivity index (χ2n) is 4.92. The summed E-state index contributed by atoms with van der Waals surface area (Å²) in [6.45, 7) is 0.708. The highest BCUT2D eigenvalue weighted by atomic mass is 35.5. The van der Waals surface area contributed by atoms with Crippen molar-refractivity contribution in [2.75, 3.05) is 20.2 Å². The molecule has 2 rings (SSSR count). The molecule has 1 amide bonds. The normalized spacial score (nSPS) is 11.6. The van der Waals surface area contributed by atoms with Crippen LogP contribution in [0.2, 0.25) is 5.02 Å². The number of carbonyl (C=O) groups is 1. The van der Waals surface area contributed by atoms with Gasteiger partial charge in [0.15, 0.2) is 0 Å². The van der Waals surface area contributed by atoms with Gasteiger partial charge >= 0.3 is 0 Å². The molecule has 24 heavy (non-hydrogen) atoms. The maximum atomic E-state index is 11.7. The maximum absolute atomic E-state index is 11.7. The number of rotatable bonds is 8. The highest BCUT2D eigenvalue weighted by molar-refractivity contribution is 6.30. The number of nitrogens with two attached hydrogens (primary N) is 1. The zero-order chi connectivity index (χ0) is 16.7. The fourth-order valence-corrected chi connectivity index (χ4v) is 2.05. The highest BCUT2D eigenvalue weighted by Gasteiger charge is 2.12. The van der Waals surface area contributed by atoms with Crippen molar-refractivity contribution in [2.24, 2.45) is 5.73 Å². The Hall–Kier alpha value is -1.67. The lowest BCUT2D eigenvalue weighted by atomic mass is 10.2. The first kappa shape index (κ1) is 20.4. The van der Waals surface area contributed by atoms with E-state index in [-0.39, 0.29) is 30.8 Å². The summed E-state index contributed by atoms with van der Waals surface area (Å²) in [4.78, 5) is 16.0. The van der Waals surface area contributed by atoms with Crippen molar-refractivity contribution in [3.63, 3.8) is 0 Å². The molecule has 0 saturated carbocycles. The molecule has 2 aromatic rings. The van der Waals surface area contributed by atoms with E-state index in [1.807, 2.05) is 12.1 Å². The molecular formula is C15H20Cl2N4O3. The molecule has 0 radical (unpaired) electrons.